The van der Waals surface area contributed by atoms with E-state index in [0.717, 1.165) is 11.1 Å². The van der Waals surface area contributed by atoms with Gasteiger partial charge in [-0.1, -0.05) is 24.3 Å². The Morgan fingerprint density at radius 1 is 1.38 bits per heavy atom. The van der Waals surface area contributed by atoms with E-state index in [4.69, 9.17) is 10.5 Å². The van der Waals surface area contributed by atoms with Crippen molar-refractivity contribution in [1.29, 1.82) is 0 Å². The standard InChI is InChI=1S/C12H18N2O2/c1-16-9-11-5-3-2-4-10(11)8-14-12(15)6-7-13/h2-5H,6-9,13H2,1H3,(H,14,15). The zero-order chi connectivity index (χ0) is 11.8. The third kappa shape index (κ3) is 4.00. The van der Waals surface area contributed by atoms with Gasteiger partial charge in [-0.2, -0.15) is 0 Å². The molecule has 4 heteroatoms. The Bertz CT molecular complexity index is 340. The first-order valence-corrected chi connectivity index (χ1v) is 5.30. The quantitative estimate of drug-likeness (QED) is 0.748. The summed E-state index contributed by atoms with van der Waals surface area (Å²) in [6.07, 6.45) is 0.368. The van der Waals surface area contributed by atoms with Crippen LogP contribution in [0.25, 0.3) is 0 Å². The van der Waals surface area contributed by atoms with Gasteiger partial charge in [-0.3, -0.25) is 4.79 Å². The molecule has 0 unspecified atom stereocenters. The van der Waals surface area contributed by atoms with Gasteiger partial charge < -0.3 is 15.8 Å². The molecule has 0 atom stereocenters. The summed E-state index contributed by atoms with van der Waals surface area (Å²) < 4.78 is 5.09. The summed E-state index contributed by atoms with van der Waals surface area (Å²) in [5, 5.41) is 2.82. The number of nitrogens with two attached hydrogens (primary N) is 1. The second kappa shape index (κ2) is 6.98. The third-order valence-corrected chi connectivity index (χ3v) is 2.27. The molecule has 1 rings (SSSR count). The van der Waals surface area contributed by atoms with Gasteiger partial charge in [-0.05, 0) is 11.1 Å². The molecule has 1 aromatic carbocycles. The van der Waals surface area contributed by atoms with Crippen LogP contribution in [0.5, 0.6) is 0 Å². The first kappa shape index (κ1) is 12.7. The Morgan fingerprint density at radius 3 is 2.69 bits per heavy atom. The minimum Gasteiger partial charge on any atom is -0.380 e. The molecule has 3 N–H and O–H groups in total. The molecule has 0 radical (unpaired) electrons. The highest BCUT2D eigenvalue weighted by atomic mass is 16.5. The smallest absolute Gasteiger partial charge is 0.221 e. The molecular formula is C12H18N2O2. The summed E-state index contributed by atoms with van der Waals surface area (Å²) in [5.41, 5.74) is 7.47. The van der Waals surface area contributed by atoms with E-state index < -0.39 is 0 Å². The number of ether oxygens (including phenoxy) is 1. The van der Waals surface area contributed by atoms with Crippen LogP contribution in [0, 0.1) is 0 Å². The lowest BCUT2D eigenvalue weighted by Crippen LogP contribution is -2.25. The van der Waals surface area contributed by atoms with Crippen LogP contribution in [0.3, 0.4) is 0 Å². The van der Waals surface area contributed by atoms with E-state index in [1.54, 1.807) is 7.11 Å². The molecule has 0 aromatic heterocycles. The Balaban J connectivity index is 2.55. The normalized spacial score (nSPS) is 10.1. The minimum atomic E-state index is -0.0188. The molecule has 0 aliphatic heterocycles. The maximum Gasteiger partial charge on any atom is 0.221 e. The first-order valence-electron chi connectivity index (χ1n) is 5.30. The van der Waals surface area contributed by atoms with E-state index in [9.17, 15) is 4.79 Å². The van der Waals surface area contributed by atoms with Crippen molar-refractivity contribution < 1.29 is 9.53 Å². The lowest BCUT2D eigenvalue weighted by atomic mass is 10.1. The molecule has 0 aliphatic carbocycles. The van der Waals surface area contributed by atoms with E-state index in [-0.39, 0.29) is 5.91 Å². The molecule has 1 amide bonds. The van der Waals surface area contributed by atoms with E-state index >= 15 is 0 Å². The second-order valence-corrected chi connectivity index (χ2v) is 3.52. The number of methoxy groups -OCH3 is 1. The highest BCUT2D eigenvalue weighted by molar-refractivity contribution is 5.76. The number of carbonyl (C=O) groups excluding carboxylic acids is 1. The average molecular weight is 222 g/mol. The molecule has 1 aromatic rings. The van der Waals surface area contributed by atoms with Gasteiger partial charge in [0, 0.05) is 26.6 Å². The molecule has 0 fully saturated rings. The minimum absolute atomic E-state index is 0.0188. The Labute approximate surface area is 95.8 Å². The van der Waals surface area contributed by atoms with Crippen LogP contribution >= 0.6 is 0 Å². The molecule has 16 heavy (non-hydrogen) atoms. The predicted molar refractivity (Wildman–Crippen MR) is 62.7 cm³/mol. The van der Waals surface area contributed by atoms with Crippen molar-refractivity contribution in [3.63, 3.8) is 0 Å². The lowest BCUT2D eigenvalue weighted by Gasteiger charge is -2.09. The number of nitrogens with one attached hydrogen (secondary N) is 1. The highest BCUT2D eigenvalue weighted by Gasteiger charge is 2.03. The van der Waals surface area contributed by atoms with E-state index in [1.807, 2.05) is 24.3 Å². The summed E-state index contributed by atoms with van der Waals surface area (Å²) in [6, 6.07) is 7.88. The monoisotopic (exact) mass is 222 g/mol. The van der Waals surface area contributed by atoms with E-state index in [0.29, 0.717) is 26.1 Å². The summed E-state index contributed by atoms with van der Waals surface area (Å²) >= 11 is 0. The van der Waals surface area contributed by atoms with Crippen molar-refractivity contribution in [3.8, 4) is 0 Å². The van der Waals surface area contributed by atoms with Gasteiger partial charge in [0.15, 0.2) is 0 Å². The number of rotatable bonds is 6. The molecule has 0 aliphatic rings. The van der Waals surface area contributed by atoms with Crippen LogP contribution in [-0.2, 0) is 22.7 Å². The van der Waals surface area contributed by atoms with Crippen LogP contribution in [-0.4, -0.2) is 19.6 Å². The molecule has 4 nitrogen and oxygen atoms in total. The van der Waals surface area contributed by atoms with Gasteiger partial charge >= 0.3 is 0 Å². The fourth-order valence-corrected chi connectivity index (χ4v) is 1.44. The van der Waals surface area contributed by atoms with Gasteiger partial charge in [0.05, 0.1) is 6.61 Å². The summed E-state index contributed by atoms with van der Waals surface area (Å²) in [7, 11) is 1.66. The number of hydrogen-bond donors (Lipinski definition) is 2. The van der Waals surface area contributed by atoms with Crippen molar-refractivity contribution in [2.75, 3.05) is 13.7 Å². The van der Waals surface area contributed by atoms with Crippen molar-refractivity contribution >= 4 is 5.91 Å². The van der Waals surface area contributed by atoms with Gasteiger partial charge in [0.25, 0.3) is 0 Å². The predicted octanol–water partition coefficient (Wildman–Crippen LogP) is 0.798. The van der Waals surface area contributed by atoms with E-state index in [2.05, 4.69) is 5.32 Å². The summed E-state index contributed by atoms with van der Waals surface area (Å²) in [4.78, 5) is 11.3. The molecular weight excluding hydrogens is 204 g/mol. The van der Waals surface area contributed by atoms with Crippen LogP contribution in [0.15, 0.2) is 24.3 Å². The molecule has 0 saturated carbocycles. The zero-order valence-electron chi connectivity index (χ0n) is 9.53. The lowest BCUT2D eigenvalue weighted by molar-refractivity contribution is -0.121. The summed E-state index contributed by atoms with van der Waals surface area (Å²) in [6.45, 7) is 1.47. The largest absolute Gasteiger partial charge is 0.380 e. The molecule has 88 valence electrons. The molecule has 0 spiro atoms. The van der Waals surface area contributed by atoms with E-state index in [1.165, 1.54) is 0 Å². The van der Waals surface area contributed by atoms with Gasteiger partial charge in [-0.25, -0.2) is 0 Å². The maximum atomic E-state index is 11.3. The zero-order valence-corrected chi connectivity index (χ0v) is 9.53. The van der Waals surface area contributed by atoms with Gasteiger partial charge in [0.2, 0.25) is 5.91 Å². The van der Waals surface area contributed by atoms with Crippen LogP contribution in [0.1, 0.15) is 17.5 Å². The Kier molecular flexibility index (Phi) is 5.53. The second-order valence-electron chi connectivity index (χ2n) is 3.52. The number of carbonyl (C=O) groups is 1. The average Bonchev–Trinajstić information content (AvgIpc) is 2.29. The SMILES string of the molecule is COCc1ccccc1CNC(=O)CCN. The fourth-order valence-electron chi connectivity index (χ4n) is 1.44. The first-order chi connectivity index (χ1) is 7.77. The highest BCUT2D eigenvalue weighted by Crippen LogP contribution is 2.09. The van der Waals surface area contributed by atoms with Crippen molar-refractivity contribution in [3.05, 3.63) is 35.4 Å². The van der Waals surface area contributed by atoms with Gasteiger partial charge in [0.1, 0.15) is 0 Å². The number of benzene rings is 1. The molecule has 0 saturated heterocycles. The van der Waals surface area contributed by atoms with Crippen molar-refractivity contribution in [2.45, 2.75) is 19.6 Å². The van der Waals surface area contributed by atoms with Crippen LogP contribution in [0.4, 0.5) is 0 Å². The van der Waals surface area contributed by atoms with Crippen LogP contribution in [0.2, 0.25) is 0 Å². The molecule has 0 bridgehead atoms. The Morgan fingerprint density at radius 2 is 2.06 bits per heavy atom. The topological polar surface area (TPSA) is 64.3 Å². The number of amides is 1. The van der Waals surface area contributed by atoms with Gasteiger partial charge in [-0.15, -0.1) is 0 Å². The van der Waals surface area contributed by atoms with Crippen molar-refractivity contribution in [1.82, 2.24) is 5.32 Å². The number of hydrogen-bond acceptors (Lipinski definition) is 3. The Hall–Kier alpha value is -1.39. The third-order valence-electron chi connectivity index (χ3n) is 2.27. The fraction of sp³-hybridized carbons (Fsp3) is 0.417. The summed E-state index contributed by atoms with van der Waals surface area (Å²) in [5.74, 6) is -0.0188. The van der Waals surface area contributed by atoms with Crippen molar-refractivity contribution in [2.24, 2.45) is 5.73 Å². The maximum absolute atomic E-state index is 11.3. The van der Waals surface area contributed by atoms with Crippen LogP contribution < -0.4 is 11.1 Å². The molecule has 0 heterocycles.